The van der Waals surface area contributed by atoms with Crippen molar-refractivity contribution in [3.8, 4) is 22.5 Å². The molecule has 0 spiro atoms. The molecular formula is C15H12Cl2N2O2. The molecule has 0 atom stereocenters. The van der Waals surface area contributed by atoms with Crippen molar-refractivity contribution in [2.45, 2.75) is 13.8 Å². The van der Waals surface area contributed by atoms with Crippen molar-refractivity contribution in [2.24, 2.45) is 0 Å². The fourth-order valence-electron chi connectivity index (χ4n) is 2.27. The standard InChI is InChI=1S/C15H12Cl2N2O2/c1-7-5-10(8(2)20-7)14-13(15(18)19-21-14)9-3-4-11(16)12(17)6-9/h3-6H,1-2H3,(H2,18,19). The van der Waals surface area contributed by atoms with Crippen molar-refractivity contribution in [3.05, 3.63) is 45.8 Å². The van der Waals surface area contributed by atoms with E-state index in [1.165, 1.54) is 0 Å². The van der Waals surface area contributed by atoms with Crippen LogP contribution in [0.15, 0.2) is 33.2 Å². The molecule has 0 unspecified atom stereocenters. The van der Waals surface area contributed by atoms with Crippen molar-refractivity contribution in [1.29, 1.82) is 0 Å². The van der Waals surface area contributed by atoms with Gasteiger partial charge in [-0.1, -0.05) is 34.4 Å². The summed E-state index contributed by atoms with van der Waals surface area (Å²) in [6, 6.07) is 7.15. The molecule has 21 heavy (non-hydrogen) atoms. The van der Waals surface area contributed by atoms with Gasteiger partial charge in [-0.2, -0.15) is 0 Å². The summed E-state index contributed by atoms with van der Waals surface area (Å²) < 4.78 is 10.9. The Bertz CT molecular complexity index is 821. The smallest absolute Gasteiger partial charge is 0.180 e. The zero-order valence-electron chi connectivity index (χ0n) is 11.4. The van der Waals surface area contributed by atoms with E-state index in [-0.39, 0.29) is 0 Å². The zero-order chi connectivity index (χ0) is 15.1. The molecule has 0 aliphatic carbocycles. The summed E-state index contributed by atoms with van der Waals surface area (Å²) in [4.78, 5) is 0. The minimum Gasteiger partial charge on any atom is -0.466 e. The summed E-state index contributed by atoms with van der Waals surface area (Å²) in [5.41, 5.74) is 8.23. The van der Waals surface area contributed by atoms with Gasteiger partial charge in [-0.25, -0.2) is 0 Å². The minimum atomic E-state index is 0.293. The van der Waals surface area contributed by atoms with E-state index in [9.17, 15) is 0 Å². The third-order valence-corrected chi connectivity index (χ3v) is 3.95. The normalized spacial score (nSPS) is 11.0. The van der Waals surface area contributed by atoms with Gasteiger partial charge in [0.1, 0.15) is 11.5 Å². The fraction of sp³-hybridized carbons (Fsp3) is 0.133. The van der Waals surface area contributed by atoms with E-state index in [0.717, 1.165) is 22.6 Å². The molecule has 0 amide bonds. The number of nitrogens with two attached hydrogens (primary N) is 1. The average Bonchev–Trinajstić information content (AvgIpc) is 2.95. The molecule has 0 fully saturated rings. The molecule has 1 aromatic carbocycles. The van der Waals surface area contributed by atoms with Crippen molar-refractivity contribution in [1.82, 2.24) is 5.16 Å². The largest absolute Gasteiger partial charge is 0.466 e. The maximum absolute atomic E-state index is 6.07. The van der Waals surface area contributed by atoms with Gasteiger partial charge in [-0.15, -0.1) is 0 Å². The van der Waals surface area contributed by atoms with Crippen molar-refractivity contribution in [2.75, 3.05) is 5.73 Å². The lowest BCUT2D eigenvalue weighted by Crippen LogP contribution is -1.89. The van der Waals surface area contributed by atoms with E-state index >= 15 is 0 Å². The highest BCUT2D eigenvalue weighted by atomic mass is 35.5. The van der Waals surface area contributed by atoms with Gasteiger partial charge in [-0.05, 0) is 37.6 Å². The number of benzene rings is 1. The average molecular weight is 323 g/mol. The molecule has 4 nitrogen and oxygen atoms in total. The maximum Gasteiger partial charge on any atom is 0.180 e. The van der Waals surface area contributed by atoms with Crippen LogP contribution in [0.2, 0.25) is 10.0 Å². The third kappa shape index (κ3) is 2.41. The van der Waals surface area contributed by atoms with E-state index in [1.807, 2.05) is 26.0 Å². The Kier molecular flexibility index (Phi) is 3.43. The van der Waals surface area contributed by atoms with Crippen LogP contribution in [0.25, 0.3) is 22.5 Å². The lowest BCUT2D eigenvalue weighted by atomic mass is 10.0. The summed E-state index contributed by atoms with van der Waals surface area (Å²) in [5.74, 6) is 2.38. The van der Waals surface area contributed by atoms with Crippen molar-refractivity contribution < 1.29 is 8.94 Å². The second kappa shape index (κ2) is 5.13. The Labute approximate surface area is 131 Å². The molecule has 0 radical (unpaired) electrons. The van der Waals surface area contributed by atoms with Gasteiger partial charge in [0.25, 0.3) is 0 Å². The van der Waals surface area contributed by atoms with Gasteiger partial charge in [0.2, 0.25) is 0 Å². The number of halogens is 2. The quantitative estimate of drug-likeness (QED) is 0.712. The SMILES string of the molecule is Cc1cc(-c2onc(N)c2-c2ccc(Cl)c(Cl)c2)c(C)o1. The fourth-order valence-corrected chi connectivity index (χ4v) is 2.57. The molecular weight excluding hydrogens is 311 g/mol. The van der Waals surface area contributed by atoms with Gasteiger partial charge < -0.3 is 14.7 Å². The Balaban J connectivity index is 2.21. The first-order valence-electron chi connectivity index (χ1n) is 6.25. The molecule has 0 aliphatic heterocycles. The van der Waals surface area contributed by atoms with E-state index in [4.69, 9.17) is 37.9 Å². The zero-order valence-corrected chi connectivity index (χ0v) is 12.9. The number of rotatable bonds is 2. The van der Waals surface area contributed by atoms with Crippen LogP contribution in [0, 0.1) is 13.8 Å². The van der Waals surface area contributed by atoms with Crippen LogP contribution in [0.3, 0.4) is 0 Å². The first-order chi connectivity index (χ1) is 9.97. The highest BCUT2D eigenvalue weighted by Gasteiger charge is 2.21. The van der Waals surface area contributed by atoms with Crippen LogP contribution in [0.5, 0.6) is 0 Å². The summed E-state index contributed by atoms with van der Waals surface area (Å²) in [7, 11) is 0. The Morgan fingerprint density at radius 3 is 2.48 bits per heavy atom. The molecule has 2 aromatic heterocycles. The van der Waals surface area contributed by atoms with Crippen LogP contribution in [0.1, 0.15) is 11.5 Å². The molecule has 0 bridgehead atoms. The van der Waals surface area contributed by atoms with Crippen LogP contribution < -0.4 is 5.73 Å². The number of hydrogen-bond acceptors (Lipinski definition) is 4. The maximum atomic E-state index is 6.07. The van der Waals surface area contributed by atoms with Gasteiger partial charge in [0, 0.05) is 0 Å². The molecule has 2 N–H and O–H groups in total. The number of aromatic nitrogens is 1. The molecule has 6 heteroatoms. The highest BCUT2D eigenvalue weighted by Crippen LogP contribution is 2.40. The van der Waals surface area contributed by atoms with E-state index in [2.05, 4.69) is 5.16 Å². The number of nitrogens with zero attached hydrogens (tertiary/aromatic N) is 1. The molecule has 0 saturated carbocycles. The predicted molar refractivity (Wildman–Crippen MR) is 83.5 cm³/mol. The van der Waals surface area contributed by atoms with Gasteiger partial charge in [0.05, 0.1) is 21.2 Å². The van der Waals surface area contributed by atoms with Crippen molar-refractivity contribution >= 4 is 29.0 Å². The molecule has 0 aliphatic rings. The molecule has 3 rings (SSSR count). The summed E-state index contributed by atoms with van der Waals surface area (Å²) in [5, 5.41) is 4.78. The first-order valence-corrected chi connectivity index (χ1v) is 7.01. The summed E-state index contributed by atoms with van der Waals surface area (Å²) in [6.45, 7) is 3.73. The van der Waals surface area contributed by atoms with Gasteiger partial charge >= 0.3 is 0 Å². The molecule has 3 aromatic rings. The molecule has 0 saturated heterocycles. The second-order valence-corrected chi connectivity index (χ2v) is 5.54. The number of hydrogen-bond donors (Lipinski definition) is 1. The topological polar surface area (TPSA) is 65.2 Å². The van der Waals surface area contributed by atoms with E-state index in [1.54, 1.807) is 12.1 Å². The van der Waals surface area contributed by atoms with Crippen LogP contribution in [0.4, 0.5) is 5.82 Å². The monoisotopic (exact) mass is 322 g/mol. The van der Waals surface area contributed by atoms with Crippen LogP contribution >= 0.6 is 23.2 Å². The summed E-state index contributed by atoms with van der Waals surface area (Å²) >= 11 is 12.0. The first kappa shape index (κ1) is 14.0. The third-order valence-electron chi connectivity index (χ3n) is 3.21. The van der Waals surface area contributed by atoms with Gasteiger partial charge in [0.15, 0.2) is 11.6 Å². The summed E-state index contributed by atoms with van der Waals surface area (Å²) in [6.07, 6.45) is 0. The van der Waals surface area contributed by atoms with Crippen LogP contribution in [-0.2, 0) is 0 Å². The van der Waals surface area contributed by atoms with Crippen molar-refractivity contribution in [3.63, 3.8) is 0 Å². The Hall–Kier alpha value is -1.91. The minimum absolute atomic E-state index is 0.293. The highest BCUT2D eigenvalue weighted by molar-refractivity contribution is 6.42. The van der Waals surface area contributed by atoms with Crippen LogP contribution in [-0.4, -0.2) is 5.16 Å². The van der Waals surface area contributed by atoms with Gasteiger partial charge in [-0.3, -0.25) is 0 Å². The second-order valence-electron chi connectivity index (χ2n) is 4.73. The lowest BCUT2D eigenvalue weighted by Gasteiger charge is -2.04. The van der Waals surface area contributed by atoms with E-state index < -0.39 is 0 Å². The molecule has 108 valence electrons. The Morgan fingerprint density at radius 1 is 1.10 bits per heavy atom. The van der Waals surface area contributed by atoms with E-state index in [0.29, 0.717) is 27.2 Å². The Morgan fingerprint density at radius 2 is 1.86 bits per heavy atom. The molecule has 2 heterocycles. The predicted octanol–water partition coefficient (Wildman–Crippen LogP) is 5.11. The number of nitrogen functional groups attached to an aromatic ring is 1. The number of anilines is 1. The lowest BCUT2D eigenvalue weighted by molar-refractivity contribution is 0.434. The number of aryl methyl sites for hydroxylation is 2. The number of furan rings is 1.